The van der Waals surface area contributed by atoms with Crippen molar-refractivity contribution < 1.29 is 8.42 Å². The lowest BCUT2D eigenvalue weighted by molar-refractivity contribution is 0.414. The average Bonchev–Trinajstić information content (AvgIpc) is 2.24. The lowest BCUT2D eigenvalue weighted by atomic mass is 9.88. The Balaban J connectivity index is 2.42. The van der Waals surface area contributed by atoms with Crippen LogP contribution in [0.3, 0.4) is 0 Å². The van der Waals surface area contributed by atoms with Crippen molar-refractivity contribution in [3.05, 3.63) is 12.2 Å². The highest BCUT2D eigenvalue weighted by Crippen LogP contribution is 2.29. The average molecular weight is 245 g/mol. The molecule has 0 aromatic carbocycles. The van der Waals surface area contributed by atoms with Gasteiger partial charge in [0.25, 0.3) is 0 Å². The Morgan fingerprint density at radius 2 is 2.12 bits per heavy atom. The quantitative estimate of drug-likeness (QED) is 0.593. The molecule has 1 aliphatic rings. The Morgan fingerprint density at radius 3 is 2.75 bits per heavy atom. The highest BCUT2D eigenvalue weighted by atomic mass is 32.2. The van der Waals surface area contributed by atoms with Gasteiger partial charge in [-0.05, 0) is 45.2 Å². The van der Waals surface area contributed by atoms with Crippen molar-refractivity contribution in [2.45, 2.75) is 37.4 Å². The molecule has 1 N–H and O–H groups in total. The van der Waals surface area contributed by atoms with Crippen LogP contribution in [0.15, 0.2) is 12.2 Å². The van der Waals surface area contributed by atoms with Crippen LogP contribution < -0.4 is 5.32 Å². The Morgan fingerprint density at radius 1 is 1.38 bits per heavy atom. The Bertz CT molecular complexity index is 322. The van der Waals surface area contributed by atoms with E-state index in [2.05, 4.69) is 17.5 Å². The van der Waals surface area contributed by atoms with Gasteiger partial charge in [-0.3, -0.25) is 0 Å². The molecule has 0 spiro atoms. The maximum atomic E-state index is 11.5. The predicted octanol–water partition coefficient (Wildman–Crippen LogP) is 1.76. The van der Waals surface area contributed by atoms with E-state index < -0.39 is 9.84 Å². The van der Waals surface area contributed by atoms with Crippen LogP contribution in [0, 0.1) is 5.92 Å². The van der Waals surface area contributed by atoms with Crippen LogP contribution in [0.1, 0.15) is 32.1 Å². The summed E-state index contributed by atoms with van der Waals surface area (Å²) >= 11 is 0. The number of hydrogen-bond acceptors (Lipinski definition) is 3. The first-order valence-electron chi connectivity index (χ1n) is 6.04. The molecule has 1 saturated carbocycles. The standard InChI is InChI=1S/C12H23NO2S/c1-13-9-4-3-6-11-7-5-8-12(10-11)16(2,14)15/h3,6,11-13H,4-5,7-10H2,1-2H3. The van der Waals surface area contributed by atoms with Gasteiger partial charge in [-0.25, -0.2) is 8.42 Å². The second kappa shape index (κ2) is 6.40. The molecule has 1 aliphatic carbocycles. The molecule has 0 aromatic rings. The number of allylic oxidation sites excluding steroid dienone is 1. The van der Waals surface area contributed by atoms with Crippen LogP contribution in [0.25, 0.3) is 0 Å². The highest BCUT2D eigenvalue weighted by molar-refractivity contribution is 7.91. The molecule has 0 saturated heterocycles. The summed E-state index contributed by atoms with van der Waals surface area (Å²) in [5, 5.41) is 2.98. The second-order valence-electron chi connectivity index (χ2n) is 4.70. The molecule has 2 atom stereocenters. The maximum Gasteiger partial charge on any atom is 0.150 e. The second-order valence-corrected chi connectivity index (χ2v) is 7.02. The SMILES string of the molecule is CNCCC=CC1CCCC(S(C)(=O)=O)C1. The van der Waals surface area contributed by atoms with Gasteiger partial charge in [-0.15, -0.1) is 0 Å². The Kier molecular flexibility index (Phi) is 5.49. The molecule has 0 amide bonds. The molecule has 0 aromatic heterocycles. The summed E-state index contributed by atoms with van der Waals surface area (Å²) in [6.07, 6.45) is 10.6. The summed E-state index contributed by atoms with van der Waals surface area (Å²) in [5.41, 5.74) is 0. The van der Waals surface area contributed by atoms with Gasteiger partial charge >= 0.3 is 0 Å². The minimum Gasteiger partial charge on any atom is -0.319 e. The number of nitrogens with one attached hydrogen (secondary N) is 1. The third kappa shape index (κ3) is 4.66. The van der Waals surface area contributed by atoms with Crippen LogP contribution in [0.4, 0.5) is 0 Å². The van der Waals surface area contributed by atoms with E-state index in [1.54, 1.807) is 0 Å². The zero-order valence-corrected chi connectivity index (χ0v) is 11.1. The fourth-order valence-corrected chi connectivity index (χ4v) is 3.45. The molecule has 0 bridgehead atoms. The zero-order chi connectivity index (χ0) is 12.0. The molecule has 1 fully saturated rings. The molecule has 0 heterocycles. The van der Waals surface area contributed by atoms with Crippen molar-refractivity contribution in [2.75, 3.05) is 19.8 Å². The Hall–Kier alpha value is -0.350. The normalized spacial score (nSPS) is 27.4. The topological polar surface area (TPSA) is 46.2 Å². The van der Waals surface area contributed by atoms with Crippen LogP contribution in [0.2, 0.25) is 0 Å². The van der Waals surface area contributed by atoms with Gasteiger partial charge < -0.3 is 5.32 Å². The van der Waals surface area contributed by atoms with E-state index in [0.717, 1.165) is 38.6 Å². The summed E-state index contributed by atoms with van der Waals surface area (Å²) < 4.78 is 22.9. The predicted molar refractivity (Wildman–Crippen MR) is 68.3 cm³/mol. The van der Waals surface area contributed by atoms with Crippen molar-refractivity contribution in [2.24, 2.45) is 5.92 Å². The van der Waals surface area contributed by atoms with E-state index in [1.807, 2.05) is 7.05 Å². The van der Waals surface area contributed by atoms with Gasteiger partial charge in [0.15, 0.2) is 0 Å². The summed E-state index contributed by atoms with van der Waals surface area (Å²) in [7, 11) is -0.902. The first-order chi connectivity index (χ1) is 7.54. The van der Waals surface area contributed by atoms with E-state index in [4.69, 9.17) is 0 Å². The largest absolute Gasteiger partial charge is 0.319 e. The van der Waals surface area contributed by atoms with E-state index in [0.29, 0.717) is 5.92 Å². The number of rotatable bonds is 5. The minimum atomic E-state index is -2.84. The van der Waals surface area contributed by atoms with Crippen molar-refractivity contribution in [3.8, 4) is 0 Å². The maximum absolute atomic E-state index is 11.5. The van der Waals surface area contributed by atoms with E-state index in [-0.39, 0.29) is 5.25 Å². The third-order valence-electron chi connectivity index (χ3n) is 3.24. The molecule has 3 nitrogen and oxygen atoms in total. The Labute approximate surface area is 99.2 Å². The van der Waals surface area contributed by atoms with Gasteiger partial charge in [-0.1, -0.05) is 18.6 Å². The molecule has 4 heteroatoms. The monoisotopic (exact) mass is 245 g/mol. The summed E-state index contributed by atoms with van der Waals surface area (Å²) in [5.74, 6) is 0.463. The van der Waals surface area contributed by atoms with Crippen molar-refractivity contribution in [1.82, 2.24) is 5.32 Å². The molecular formula is C12H23NO2S. The smallest absolute Gasteiger partial charge is 0.150 e. The van der Waals surface area contributed by atoms with Gasteiger partial charge in [-0.2, -0.15) is 0 Å². The fraction of sp³-hybridized carbons (Fsp3) is 0.833. The number of sulfone groups is 1. The van der Waals surface area contributed by atoms with E-state index >= 15 is 0 Å². The van der Waals surface area contributed by atoms with E-state index in [9.17, 15) is 8.42 Å². The third-order valence-corrected chi connectivity index (χ3v) is 4.88. The fourth-order valence-electron chi connectivity index (χ4n) is 2.26. The highest BCUT2D eigenvalue weighted by Gasteiger charge is 2.27. The first kappa shape index (κ1) is 13.7. The lowest BCUT2D eigenvalue weighted by Crippen LogP contribution is -2.26. The molecule has 16 heavy (non-hydrogen) atoms. The molecular weight excluding hydrogens is 222 g/mol. The molecule has 1 rings (SSSR count). The minimum absolute atomic E-state index is 0.111. The van der Waals surface area contributed by atoms with Gasteiger partial charge in [0, 0.05) is 6.26 Å². The van der Waals surface area contributed by atoms with Gasteiger partial charge in [0.1, 0.15) is 9.84 Å². The molecule has 2 unspecified atom stereocenters. The lowest BCUT2D eigenvalue weighted by Gasteiger charge is -2.25. The first-order valence-corrected chi connectivity index (χ1v) is 7.99. The summed E-state index contributed by atoms with van der Waals surface area (Å²) in [6.45, 7) is 0.985. The summed E-state index contributed by atoms with van der Waals surface area (Å²) in [6, 6.07) is 0. The van der Waals surface area contributed by atoms with Crippen molar-refractivity contribution >= 4 is 9.84 Å². The van der Waals surface area contributed by atoms with Crippen molar-refractivity contribution in [3.63, 3.8) is 0 Å². The molecule has 0 aliphatic heterocycles. The molecule has 0 radical (unpaired) electrons. The zero-order valence-electron chi connectivity index (χ0n) is 10.3. The van der Waals surface area contributed by atoms with Crippen molar-refractivity contribution in [1.29, 1.82) is 0 Å². The summed E-state index contributed by atoms with van der Waals surface area (Å²) in [4.78, 5) is 0. The van der Waals surface area contributed by atoms with Gasteiger partial charge in [0.05, 0.1) is 5.25 Å². The van der Waals surface area contributed by atoms with Crippen LogP contribution in [-0.4, -0.2) is 33.5 Å². The molecule has 94 valence electrons. The number of hydrogen-bond donors (Lipinski definition) is 1. The van der Waals surface area contributed by atoms with Crippen LogP contribution in [-0.2, 0) is 9.84 Å². The van der Waals surface area contributed by atoms with Crippen LogP contribution >= 0.6 is 0 Å². The van der Waals surface area contributed by atoms with E-state index in [1.165, 1.54) is 6.26 Å². The van der Waals surface area contributed by atoms with Crippen LogP contribution in [0.5, 0.6) is 0 Å². The van der Waals surface area contributed by atoms with Gasteiger partial charge in [0.2, 0.25) is 0 Å².